The van der Waals surface area contributed by atoms with Crippen LogP contribution in [-0.4, -0.2) is 21.1 Å². The predicted molar refractivity (Wildman–Crippen MR) is 99.0 cm³/mol. The molecule has 126 valence electrons. The van der Waals surface area contributed by atoms with Crippen LogP contribution < -0.4 is 0 Å². The molecule has 1 atom stereocenters. The summed E-state index contributed by atoms with van der Waals surface area (Å²) in [5.74, 6) is 0. The molecule has 0 amide bonds. The fraction of sp³-hybridized carbons (Fsp3) is 0.526. The molecule has 0 aromatic heterocycles. The Morgan fingerprint density at radius 2 is 1.74 bits per heavy atom. The summed E-state index contributed by atoms with van der Waals surface area (Å²) in [4.78, 5) is 0. The van der Waals surface area contributed by atoms with Gasteiger partial charge in [-0.1, -0.05) is 36.8 Å². The third kappa shape index (κ3) is 3.33. The first-order valence-corrected chi connectivity index (χ1v) is 10.0. The van der Waals surface area contributed by atoms with Gasteiger partial charge in [0.05, 0.1) is 11.8 Å². The zero-order chi connectivity index (χ0) is 16.5. The Labute approximate surface area is 141 Å². The maximum Gasteiger partial charge on any atom is 0.180 e. The number of hydrogen-bond acceptors (Lipinski definition) is 3. The highest BCUT2D eigenvalue weighted by Crippen LogP contribution is 2.66. The molecule has 1 aliphatic carbocycles. The maximum atomic E-state index is 11.4. The summed E-state index contributed by atoms with van der Waals surface area (Å²) in [7, 11) is -2.33. The van der Waals surface area contributed by atoms with Crippen LogP contribution in [-0.2, 0) is 4.74 Å². The van der Waals surface area contributed by atoms with Crippen molar-refractivity contribution in [3.8, 4) is 0 Å². The van der Waals surface area contributed by atoms with E-state index >= 15 is 0 Å². The third-order valence-corrected chi connectivity index (χ3v) is 7.47. The van der Waals surface area contributed by atoms with E-state index in [1.807, 2.05) is 57.2 Å². The molecule has 0 spiro atoms. The van der Waals surface area contributed by atoms with Crippen molar-refractivity contribution in [1.29, 1.82) is 0 Å². The molecule has 4 heteroatoms. The highest BCUT2D eigenvalue weighted by Gasteiger charge is 2.44. The molecule has 1 N–H and O–H groups in total. The van der Waals surface area contributed by atoms with Gasteiger partial charge < -0.3 is 9.29 Å². The summed E-state index contributed by atoms with van der Waals surface area (Å²) in [6, 6.07) is 10.0. The Hall–Kier alpha value is -1.26. The van der Waals surface area contributed by atoms with Crippen LogP contribution in [0.3, 0.4) is 0 Å². The number of nitrogens with zero attached hydrogens (tertiary/aromatic N) is 1. The average Bonchev–Trinajstić information content (AvgIpc) is 2.87. The van der Waals surface area contributed by atoms with Gasteiger partial charge in [-0.05, 0) is 46.5 Å². The first kappa shape index (κ1) is 16.6. The topological polar surface area (TPSA) is 41.8 Å². The standard InChI is InChI=1S/C19H27NO2S/c1-19(2,3)23(21)18(22-16-12-8-5-9-13-16)14-17(20-23)15-10-6-4-7-11-15/h4,6-7,10-11,14,16,21H,5,8-9,12-13H2,1-3H3. The Bertz CT molecular complexity index is 612. The van der Waals surface area contributed by atoms with E-state index in [1.165, 1.54) is 19.3 Å². The van der Waals surface area contributed by atoms with Gasteiger partial charge in [0.1, 0.15) is 0 Å². The average molecular weight is 333 g/mol. The van der Waals surface area contributed by atoms with E-state index in [1.54, 1.807) is 0 Å². The van der Waals surface area contributed by atoms with Gasteiger partial charge in [-0.15, -0.1) is 0 Å². The Morgan fingerprint density at radius 3 is 2.35 bits per heavy atom. The van der Waals surface area contributed by atoms with E-state index < -0.39 is 10.5 Å². The van der Waals surface area contributed by atoms with Crippen LogP contribution in [0.2, 0.25) is 0 Å². The predicted octanol–water partition coefficient (Wildman–Crippen LogP) is 5.67. The molecule has 0 bridgehead atoms. The second kappa shape index (κ2) is 6.33. The lowest BCUT2D eigenvalue weighted by atomic mass is 9.98. The highest BCUT2D eigenvalue weighted by atomic mass is 32.3. The number of allylic oxidation sites excluding steroid dienone is 1. The summed E-state index contributed by atoms with van der Waals surface area (Å²) < 4.78 is 22.0. The molecule has 23 heavy (non-hydrogen) atoms. The van der Waals surface area contributed by atoms with Crippen molar-refractivity contribution in [2.75, 3.05) is 0 Å². The van der Waals surface area contributed by atoms with Crippen molar-refractivity contribution < 1.29 is 9.29 Å². The van der Waals surface area contributed by atoms with Gasteiger partial charge in [0.2, 0.25) is 0 Å². The molecule has 0 saturated heterocycles. The quantitative estimate of drug-likeness (QED) is 0.774. The summed E-state index contributed by atoms with van der Waals surface area (Å²) in [5.41, 5.74) is 1.87. The van der Waals surface area contributed by atoms with Crippen molar-refractivity contribution in [1.82, 2.24) is 0 Å². The molecule has 0 radical (unpaired) electrons. The summed E-state index contributed by atoms with van der Waals surface area (Å²) in [6.07, 6.45) is 8.07. The molecule has 1 saturated carbocycles. The molecule has 1 aliphatic heterocycles. The van der Waals surface area contributed by atoms with Gasteiger partial charge in [0, 0.05) is 26.9 Å². The Kier molecular flexibility index (Phi) is 4.56. The van der Waals surface area contributed by atoms with Crippen LogP contribution in [0.5, 0.6) is 0 Å². The van der Waals surface area contributed by atoms with Gasteiger partial charge in [0.25, 0.3) is 0 Å². The molecule has 1 aromatic rings. The minimum absolute atomic E-state index is 0.224. The second-order valence-electron chi connectivity index (χ2n) is 7.35. The smallest absolute Gasteiger partial charge is 0.180 e. The van der Waals surface area contributed by atoms with Gasteiger partial charge in [0.15, 0.2) is 5.09 Å². The number of ether oxygens (including phenoxy) is 1. The monoisotopic (exact) mass is 333 g/mol. The van der Waals surface area contributed by atoms with Crippen LogP contribution >= 0.6 is 10.5 Å². The summed E-state index contributed by atoms with van der Waals surface area (Å²) >= 11 is 0. The Balaban J connectivity index is 1.91. The van der Waals surface area contributed by atoms with Gasteiger partial charge in [-0.2, -0.15) is 0 Å². The molecule has 1 unspecified atom stereocenters. The van der Waals surface area contributed by atoms with Gasteiger partial charge in [-0.25, -0.2) is 4.40 Å². The van der Waals surface area contributed by atoms with Crippen LogP contribution in [0, 0.1) is 0 Å². The number of hydrogen-bond donors (Lipinski definition) is 1. The van der Waals surface area contributed by atoms with Gasteiger partial charge >= 0.3 is 0 Å². The van der Waals surface area contributed by atoms with Crippen LogP contribution in [0.4, 0.5) is 0 Å². The maximum absolute atomic E-state index is 11.4. The highest BCUT2D eigenvalue weighted by molar-refractivity contribution is 8.32. The van der Waals surface area contributed by atoms with E-state index in [0.29, 0.717) is 5.09 Å². The molecule has 3 nitrogen and oxygen atoms in total. The second-order valence-corrected chi connectivity index (χ2v) is 10.3. The fourth-order valence-corrected chi connectivity index (χ4v) is 5.00. The molecule has 3 rings (SSSR count). The lowest BCUT2D eigenvalue weighted by Crippen LogP contribution is -2.26. The zero-order valence-corrected chi connectivity index (χ0v) is 15.1. The number of benzene rings is 1. The van der Waals surface area contributed by atoms with E-state index in [9.17, 15) is 4.55 Å². The van der Waals surface area contributed by atoms with E-state index in [-0.39, 0.29) is 10.9 Å². The summed E-state index contributed by atoms with van der Waals surface area (Å²) in [6.45, 7) is 6.12. The van der Waals surface area contributed by atoms with E-state index in [0.717, 1.165) is 24.1 Å². The fourth-order valence-electron chi connectivity index (χ4n) is 3.04. The molecule has 2 aliphatic rings. The zero-order valence-electron chi connectivity index (χ0n) is 14.3. The van der Waals surface area contributed by atoms with Crippen molar-refractivity contribution in [3.05, 3.63) is 47.1 Å². The Morgan fingerprint density at radius 1 is 1.09 bits per heavy atom. The van der Waals surface area contributed by atoms with Crippen molar-refractivity contribution in [2.45, 2.75) is 63.7 Å². The molecular weight excluding hydrogens is 306 g/mol. The van der Waals surface area contributed by atoms with Crippen LogP contribution in [0.15, 0.2) is 45.9 Å². The largest absolute Gasteiger partial charge is 0.482 e. The van der Waals surface area contributed by atoms with Gasteiger partial charge in [-0.3, -0.25) is 0 Å². The van der Waals surface area contributed by atoms with E-state index in [4.69, 9.17) is 9.13 Å². The number of rotatable bonds is 3. The SMILES string of the molecule is CC(C)(C)S1(O)N=C(c2ccccc2)C=C1OC1CCCCC1. The molecule has 1 heterocycles. The summed E-state index contributed by atoms with van der Waals surface area (Å²) in [5, 5.41) is 0.691. The van der Waals surface area contributed by atoms with E-state index in [2.05, 4.69) is 0 Å². The first-order valence-electron chi connectivity index (χ1n) is 8.49. The minimum Gasteiger partial charge on any atom is -0.482 e. The lowest BCUT2D eigenvalue weighted by molar-refractivity contribution is 0.0964. The lowest BCUT2D eigenvalue weighted by Gasteiger charge is -2.41. The van der Waals surface area contributed by atoms with Crippen molar-refractivity contribution in [2.24, 2.45) is 4.40 Å². The normalized spacial score (nSPS) is 28.7. The van der Waals surface area contributed by atoms with Crippen molar-refractivity contribution >= 4 is 16.2 Å². The first-order chi connectivity index (χ1) is 10.9. The molecule has 1 aromatic carbocycles. The van der Waals surface area contributed by atoms with Crippen LogP contribution in [0.25, 0.3) is 0 Å². The molecule has 1 fully saturated rings. The minimum atomic E-state index is -2.33. The molecular formula is C19H27NO2S. The van der Waals surface area contributed by atoms with Crippen LogP contribution in [0.1, 0.15) is 58.4 Å². The third-order valence-electron chi connectivity index (χ3n) is 4.52. The van der Waals surface area contributed by atoms with Crippen molar-refractivity contribution in [3.63, 3.8) is 0 Å².